The van der Waals surface area contributed by atoms with Crippen molar-refractivity contribution in [1.82, 2.24) is 10.9 Å². The Labute approximate surface area is 154 Å². The number of hydrogen-bond acceptors (Lipinski definition) is 4. The fraction of sp³-hybridized carbons (Fsp3) is 0.222. The fourth-order valence-corrected chi connectivity index (χ4v) is 2.17. The number of benzene rings is 2. The Kier molecular flexibility index (Phi) is 7.28. The molecule has 0 unspecified atom stereocenters. The molecule has 132 valence electrons. The Balaban J connectivity index is 1.83. The van der Waals surface area contributed by atoms with Crippen LogP contribution in [0.4, 0.5) is 0 Å². The highest BCUT2D eigenvalue weighted by Crippen LogP contribution is 2.18. The molecule has 0 bridgehead atoms. The quantitative estimate of drug-likeness (QED) is 0.692. The Hall–Kier alpha value is -2.54. The van der Waals surface area contributed by atoms with Gasteiger partial charge in [-0.15, -0.1) is 0 Å². The van der Waals surface area contributed by atoms with Crippen LogP contribution in [0.2, 0.25) is 0 Å². The number of carbonyl (C=O) groups excluding carboxylic acids is 2. The molecule has 0 saturated carbocycles. The topological polar surface area (TPSA) is 76.7 Å². The van der Waals surface area contributed by atoms with Gasteiger partial charge in [-0.05, 0) is 42.8 Å². The molecule has 2 aromatic rings. The van der Waals surface area contributed by atoms with Gasteiger partial charge in [0.05, 0.1) is 12.2 Å². The van der Waals surface area contributed by atoms with Gasteiger partial charge in [0.25, 0.3) is 11.8 Å². The summed E-state index contributed by atoms with van der Waals surface area (Å²) in [5.41, 5.74) is 5.02. The highest BCUT2D eigenvalue weighted by atomic mass is 79.9. The van der Waals surface area contributed by atoms with Crippen LogP contribution >= 0.6 is 15.9 Å². The molecule has 0 saturated heterocycles. The molecule has 2 amide bonds. The van der Waals surface area contributed by atoms with E-state index in [0.29, 0.717) is 23.7 Å². The van der Waals surface area contributed by atoms with Crippen LogP contribution in [0, 0.1) is 0 Å². The first-order valence-corrected chi connectivity index (χ1v) is 8.59. The highest BCUT2D eigenvalue weighted by Gasteiger charge is 2.13. The van der Waals surface area contributed by atoms with Crippen LogP contribution in [0.15, 0.2) is 53.0 Å². The third-order valence-corrected chi connectivity index (χ3v) is 3.62. The average molecular weight is 407 g/mol. The van der Waals surface area contributed by atoms with Crippen molar-refractivity contribution in [3.8, 4) is 11.5 Å². The van der Waals surface area contributed by atoms with E-state index >= 15 is 0 Å². The molecule has 0 radical (unpaired) electrons. The third-order valence-electron chi connectivity index (χ3n) is 3.09. The van der Waals surface area contributed by atoms with Crippen molar-refractivity contribution in [3.05, 3.63) is 58.6 Å². The monoisotopic (exact) mass is 406 g/mol. The zero-order valence-corrected chi connectivity index (χ0v) is 15.3. The maximum absolute atomic E-state index is 12.2. The van der Waals surface area contributed by atoms with Gasteiger partial charge in [0.15, 0.2) is 6.61 Å². The number of ether oxygens (including phenoxy) is 2. The number of halogens is 1. The van der Waals surface area contributed by atoms with Crippen molar-refractivity contribution in [2.24, 2.45) is 0 Å². The smallest absolute Gasteiger partial charge is 0.276 e. The Morgan fingerprint density at radius 3 is 2.44 bits per heavy atom. The van der Waals surface area contributed by atoms with Crippen molar-refractivity contribution in [2.75, 3.05) is 13.2 Å². The number of rotatable bonds is 7. The third kappa shape index (κ3) is 6.11. The Bertz CT molecular complexity index is 719. The second kappa shape index (κ2) is 9.68. The van der Waals surface area contributed by atoms with Crippen molar-refractivity contribution < 1.29 is 19.1 Å². The molecule has 0 aliphatic rings. The molecule has 0 aliphatic carbocycles. The molecule has 2 N–H and O–H groups in total. The zero-order chi connectivity index (χ0) is 18.1. The fourth-order valence-electron chi connectivity index (χ4n) is 1.90. The predicted molar refractivity (Wildman–Crippen MR) is 97.5 cm³/mol. The summed E-state index contributed by atoms with van der Waals surface area (Å²) in [6.07, 6.45) is 0.833. The lowest BCUT2D eigenvalue weighted by molar-refractivity contribution is -0.123. The summed E-state index contributed by atoms with van der Waals surface area (Å²) in [6, 6.07) is 13.9. The van der Waals surface area contributed by atoms with Gasteiger partial charge < -0.3 is 9.47 Å². The SMILES string of the molecule is CCCOc1ccccc1C(=O)NNC(=O)COc1ccc(Br)cc1. The van der Waals surface area contributed by atoms with Crippen LogP contribution in [-0.4, -0.2) is 25.0 Å². The van der Waals surface area contributed by atoms with Crippen LogP contribution in [-0.2, 0) is 4.79 Å². The highest BCUT2D eigenvalue weighted by molar-refractivity contribution is 9.10. The van der Waals surface area contributed by atoms with E-state index in [1.165, 1.54) is 0 Å². The number of para-hydroxylation sites is 1. The van der Waals surface area contributed by atoms with E-state index in [-0.39, 0.29) is 6.61 Å². The molecular weight excluding hydrogens is 388 g/mol. The number of hydrazine groups is 1. The van der Waals surface area contributed by atoms with Crippen LogP contribution in [0.25, 0.3) is 0 Å². The molecule has 2 aromatic carbocycles. The predicted octanol–water partition coefficient (Wildman–Crippen LogP) is 3.08. The molecule has 6 nitrogen and oxygen atoms in total. The summed E-state index contributed by atoms with van der Waals surface area (Å²) < 4.78 is 11.8. The lowest BCUT2D eigenvalue weighted by Gasteiger charge is -2.12. The van der Waals surface area contributed by atoms with Gasteiger partial charge >= 0.3 is 0 Å². The minimum atomic E-state index is -0.469. The first kappa shape index (κ1) is 18.8. The first-order valence-electron chi connectivity index (χ1n) is 7.79. The van der Waals surface area contributed by atoms with Crippen LogP contribution in [0.5, 0.6) is 11.5 Å². The van der Waals surface area contributed by atoms with Gasteiger partial charge in [0.2, 0.25) is 0 Å². The molecule has 0 fully saturated rings. The maximum atomic E-state index is 12.2. The Morgan fingerprint density at radius 2 is 1.72 bits per heavy atom. The van der Waals surface area contributed by atoms with Gasteiger partial charge in [0.1, 0.15) is 11.5 Å². The van der Waals surface area contributed by atoms with Gasteiger partial charge in [0, 0.05) is 4.47 Å². The molecule has 25 heavy (non-hydrogen) atoms. The van der Waals surface area contributed by atoms with Gasteiger partial charge in [-0.1, -0.05) is 35.0 Å². The summed E-state index contributed by atoms with van der Waals surface area (Å²) in [6.45, 7) is 2.28. The van der Waals surface area contributed by atoms with E-state index in [1.54, 1.807) is 36.4 Å². The molecule has 0 heterocycles. The lowest BCUT2D eigenvalue weighted by atomic mass is 10.2. The van der Waals surface area contributed by atoms with E-state index in [2.05, 4.69) is 26.8 Å². The standard InChI is InChI=1S/C18H19BrN2O4/c1-2-11-24-16-6-4-3-5-15(16)18(23)21-20-17(22)12-25-14-9-7-13(19)8-10-14/h3-10H,2,11-12H2,1H3,(H,20,22)(H,21,23). The Morgan fingerprint density at radius 1 is 1.00 bits per heavy atom. The second-order valence-corrected chi connectivity index (χ2v) is 6.01. The normalized spacial score (nSPS) is 10.0. The van der Waals surface area contributed by atoms with Crippen molar-refractivity contribution in [1.29, 1.82) is 0 Å². The minimum Gasteiger partial charge on any atom is -0.493 e. The van der Waals surface area contributed by atoms with Gasteiger partial charge in [-0.25, -0.2) is 0 Å². The largest absolute Gasteiger partial charge is 0.493 e. The summed E-state index contributed by atoms with van der Waals surface area (Å²) in [7, 11) is 0. The number of carbonyl (C=O) groups is 2. The van der Waals surface area contributed by atoms with Crippen molar-refractivity contribution in [2.45, 2.75) is 13.3 Å². The van der Waals surface area contributed by atoms with E-state index in [0.717, 1.165) is 10.9 Å². The number of amides is 2. The van der Waals surface area contributed by atoms with E-state index in [1.807, 2.05) is 19.1 Å². The molecular formula is C18H19BrN2O4. The van der Waals surface area contributed by atoms with Crippen LogP contribution < -0.4 is 20.3 Å². The summed E-state index contributed by atoms with van der Waals surface area (Å²) >= 11 is 3.32. The van der Waals surface area contributed by atoms with E-state index in [9.17, 15) is 9.59 Å². The van der Waals surface area contributed by atoms with Gasteiger partial charge in [-0.2, -0.15) is 0 Å². The lowest BCUT2D eigenvalue weighted by Crippen LogP contribution is -2.43. The van der Waals surface area contributed by atoms with Crippen LogP contribution in [0.1, 0.15) is 23.7 Å². The van der Waals surface area contributed by atoms with Crippen LogP contribution in [0.3, 0.4) is 0 Å². The first-order chi connectivity index (χ1) is 12.1. The summed E-state index contributed by atoms with van der Waals surface area (Å²) in [5.74, 6) is 0.108. The van der Waals surface area contributed by atoms with Gasteiger partial charge in [-0.3, -0.25) is 20.4 Å². The molecule has 0 aromatic heterocycles. The van der Waals surface area contributed by atoms with Crippen molar-refractivity contribution >= 4 is 27.7 Å². The number of nitrogens with one attached hydrogen (secondary N) is 2. The zero-order valence-electron chi connectivity index (χ0n) is 13.8. The van der Waals surface area contributed by atoms with E-state index < -0.39 is 11.8 Å². The second-order valence-electron chi connectivity index (χ2n) is 5.09. The maximum Gasteiger partial charge on any atom is 0.276 e. The van der Waals surface area contributed by atoms with E-state index in [4.69, 9.17) is 9.47 Å². The van der Waals surface area contributed by atoms with Crippen molar-refractivity contribution in [3.63, 3.8) is 0 Å². The average Bonchev–Trinajstić information content (AvgIpc) is 2.64. The minimum absolute atomic E-state index is 0.212. The molecule has 7 heteroatoms. The number of hydrogen-bond donors (Lipinski definition) is 2. The molecule has 0 aliphatic heterocycles. The summed E-state index contributed by atoms with van der Waals surface area (Å²) in [5, 5.41) is 0. The molecule has 0 spiro atoms. The molecule has 0 atom stereocenters. The molecule has 2 rings (SSSR count). The summed E-state index contributed by atoms with van der Waals surface area (Å²) in [4.78, 5) is 24.0.